The van der Waals surface area contributed by atoms with Crippen LogP contribution in [0.15, 0.2) is 48.7 Å². The number of nitrogens with zero attached hydrogens (tertiary/aromatic N) is 2. The van der Waals surface area contributed by atoms with Crippen molar-refractivity contribution in [3.63, 3.8) is 0 Å². The third-order valence-corrected chi connectivity index (χ3v) is 8.77. The normalized spacial score (nSPS) is 18.4. The van der Waals surface area contributed by atoms with Gasteiger partial charge in [-0.05, 0) is 82.2 Å². The number of alkyl halides is 6. The smallest absolute Gasteiger partial charge is 0.419 e. The van der Waals surface area contributed by atoms with Crippen LogP contribution in [0.25, 0.3) is 10.4 Å². The van der Waals surface area contributed by atoms with Crippen LogP contribution in [0.4, 0.5) is 31.1 Å². The summed E-state index contributed by atoms with van der Waals surface area (Å²) in [6.07, 6.45) is -7.76. The number of ether oxygens (including phenoxy) is 2. The summed E-state index contributed by atoms with van der Waals surface area (Å²) < 4.78 is 93.0. The number of hydrogen-bond acceptors (Lipinski definition) is 8. The van der Waals surface area contributed by atoms with Crippen molar-refractivity contribution in [1.82, 2.24) is 25.8 Å². The maximum Gasteiger partial charge on any atom is 0.419 e. The van der Waals surface area contributed by atoms with Gasteiger partial charge in [-0.2, -0.15) is 26.3 Å². The molecule has 0 saturated carbocycles. The van der Waals surface area contributed by atoms with Gasteiger partial charge in [0.05, 0.1) is 29.2 Å². The summed E-state index contributed by atoms with van der Waals surface area (Å²) in [5.74, 6) is -1.96. The fourth-order valence-corrected chi connectivity index (χ4v) is 6.35. The van der Waals surface area contributed by atoms with E-state index >= 15 is 0 Å². The number of thiazole rings is 1. The SMILES string of the molecule is CNC1(NC)OC[C@](NC)(c2ncc(-c3ccc(OCCCCCc4ccccc4C(F)(F)F)c(C(F)(F)F)c3)s2)N1C(=O)O. The molecule has 1 aromatic heterocycles. The minimum atomic E-state index is -4.75. The molecule has 2 heterocycles. The summed E-state index contributed by atoms with van der Waals surface area (Å²) in [6, 6.07) is 8.91. The van der Waals surface area contributed by atoms with Gasteiger partial charge in [-0.25, -0.2) is 14.7 Å². The zero-order chi connectivity index (χ0) is 33.0. The molecule has 0 radical (unpaired) electrons. The number of halogens is 6. The van der Waals surface area contributed by atoms with Crippen molar-refractivity contribution in [2.45, 2.75) is 49.7 Å². The Morgan fingerprint density at radius 3 is 2.31 bits per heavy atom. The van der Waals surface area contributed by atoms with Crippen molar-refractivity contribution in [2.24, 2.45) is 0 Å². The molecule has 1 aliphatic heterocycles. The molecule has 16 heteroatoms. The molecule has 1 fully saturated rings. The van der Waals surface area contributed by atoms with Gasteiger partial charge in [0.15, 0.2) is 5.66 Å². The minimum absolute atomic E-state index is 0.0531. The lowest BCUT2D eigenvalue weighted by Crippen LogP contribution is -2.70. The van der Waals surface area contributed by atoms with E-state index in [-0.39, 0.29) is 41.5 Å². The average molecular weight is 662 g/mol. The molecule has 4 rings (SSSR count). The van der Waals surface area contributed by atoms with Crippen LogP contribution in [0.1, 0.15) is 41.0 Å². The lowest BCUT2D eigenvalue weighted by atomic mass is 10.0. The van der Waals surface area contributed by atoms with E-state index in [0.29, 0.717) is 24.1 Å². The fraction of sp³-hybridized carbons (Fsp3) is 0.448. The Balaban J connectivity index is 1.47. The highest BCUT2D eigenvalue weighted by molar-refractivity contribution is 7.15. The van der Waals surface area contributed by atoms with Gasteiger partial charge < -0.3 is 14.6 Å². The molecule has 1 amide bonds. The number of aromatic nitrogens is 1. The summed E-state index contributed by atoms with van der Waals surface area (Å²) in [6.45, 7) is -0.206. The van der Waals surface area contributed by atoms with Crippen LogP contribution in [-0.2, 0) is 29.2 Å². The zero-order valence-corrected chi connectivity index (χ0v) is 25.4. The lowest BCUT2D eigenvalue weighted by Gasteiger charge is -2.40. The summed E-state index contributed by atoms with van der Waals surface area (Å²) in [5.41, 5.74) is -2.77. The number of aryl methyl sites for hydroxylation is 1. The molecular formula is C29H33F6N5O4S. The highest BCUT2D eigenvalue weighted by Gasteiger charge is 2.60. The van der Waals surface area contributed by atoms with E-state index in [2.05, 4.69) is 20.9 Å². The van der Waals surface area contributed by atoms with Crippen LogP contribution in [0.2, 0.25) is 0 Å². The molecule has 0 bridgehead atoms. The summed E-state index contributed by atoms with van der Waals surface area (Å²) in [4.78, 5) is 18.0. The highest BCUT2D eigenvalue weighted by Crippen LogP contribution is 2.43. The third kappa shape index (κ3) is 7.04. The average Bonchev–Trinajstić information content (AvgIpc) is 3.62. The van der Waals surface area contributed by atoms with Crippen LogP contribution >= 0.6 is 11.3 Å². The van der Waals surface area contributed by atoms with E-state index < -0.39 is 41.2 Å². The summed E-state index contributed by atoms with van der Waals surface area (Å²) in [5, 5.41) is 18.9. The molecule has 1 saturated heterocycles. The van der Waals surface area contributed by atoms with E-state index in [1.165, 1.54) is 57.7 Å². The van der Waals surface area contributed by atoms with Gasteiger partial charge in [0.1, 0.15) is 10.8 Å². The second-order valence-corrected chi connectivity index (χ2v) is 11.2. The standard InChI is InChI=1S/C29H33F6N5O4S/c1-36-26(17-44-29(37-2,38-3)40(26)25(41)42)24-39-16-23(45-24)19-12-13-22(21(15-19)28(33,34)35)43-14-8-4-5-9-18-10-6-7-11-20(18)27(30,31)32/h6-7,10-13,15-16,36-38H,4-5,8-9,14,17H2,1-3H3,(H,41,42)/t26-/m1/s1. The predicted molar refractivity (Wildman–Crippen MR) is 154 cm³/mol. The Morgan fingerprint density at radius 1 is 1.00 bits per heavy atom. The van der Waals surface area contributed by atoms with Gasteiger partial charge in [-0.1, -0.05) is 18.2 Å². The van der Waals surface area contributed by atoms with E-state index in [1.807, 2.05) is 0 Å². The van der Waals surface area contributed by atoms with Gasteiger partial charge in [0.25, 0.3) is 5.97 Å². The maximum atomic E-state index is 14.1. The molecule has 1 aliphatic rings. The number of carboxylic acid groups (broad SMARTS) is 1. The molecule has 1 atom stereocenters. The summed E-state index contributed by atoms with van der Waals surface area (Å²) >= 11 is 1.01. The number of benzene rings is 2. The molecule has 0 spiro atoms. The van der Waals surface area contributed by atoms with E-state index in [0.717, 1.165) is 28.4 Å². The van der Waals surface area contributed by atoms with E-state index in [9.17, 15) is 36.2 Å². The number of hydrogen-bond donors (Lipinski definition) is 4. The lowest BCUT2D eigenvalue weighted by molar-refractivity contribution is -0.139. The van der Waals surface area contributed by atoms with E-state index in [4.69, 9.17) is 9.47 Å². The number of carbonyl (C=O) groups is 1. The van der Waals surface area contributed by atoms with E-state index in [1.54, 1.807) is 0 Å². The first-order valence-electron chi connectivity index (χ1n) is 13.9. The zero-order valence-electron chi connectivity index (χ0n) is 24.6. The van der Waals surface area contributed by atoms with Crippen molar-refractivity contribution >= 4 is 17.4 Å². The third-order valence-electron chi connectivity index (χ3n) is 7.57. The van der Waals surface area contributed by atoms with Crippen LogP contribution in [-0.4, -0.2) is 61.4 Å². The Bertz CT molecular complexity index is 1480. The molecule has 9 nitrogen and oxygen atoms in total. The van der Waals surface area contributed by atoms with Gasteiger partial charge in [0, 0.05) is 6.20 Å². The predicted octanol–water partition coefficient (Wildman–Crippen LogP) is 6.07. The monoisotopic (exact) mass is 661 g/mol. The molecule has 45 heavy (non-hydrogen) atoms. The molecular weight excluding hydrogens is 628 g/mol. The Hall–Kier alpha value is -3.44. The molecule has 0 aliphatic carbocycles. The highest BCUT2D eigenvalue weighted by atomic mass is 32.1. The second kappa shape index (κ2) is 13.5. The Labute approximate surface area is 259 Å². The number of unbranched alkanes of at least 4 members (excludes halogenated alkanes) is 2. The topological polar surface area (TPSA) is 108 Å². The Kier molecular flexibility index (Phi) is 10.3. The fourth-order valence-electron chi connectivity index (χ4n) is 5.27. The molecule has 3 aromatic rings. The van der Waals surface area contributed by atoms with Crippen LogP contribution in [0.5, 0.6) is 5.75 Å². The Morgan fingerprint density at radius 2 is 1.69 bits per heavy atom. The molecule has 246 valence electrons. The number of likely N-dealkylation sites (N-methyl/N-ethyl adjacent to an activating group) is 1. The van der Waals surface area contributed by atoms with Gasteiger partial charge in [0.2, 0.25) is 0 Å². The van der Waals surface area contributed by atoms with Crippen LogP contribution in [0, 0.1) is 0 Å². The molecule has 0 unspecified atom stereocenters. The minimum Gasteiger partial charge on any atom is -0.493 e. The van der Waals surface area contributed by atoms with Crippen LogP contribution in [0.3, 0.4) is 0 Å². The largest absolute Gasteiger partial charge is 0.493 e. The van der Waals surface area contributed by atoms with Crippen molar-refractivity contribution < 1.29 is 45.7 Å². The van der Waals surface area contributed by atoms with Crippen LogP contribution < -0.4 is 20.7 Å². The first kappa shape index (κ1) is 34.4. The number of nitrogens with one attached hydrogen (secondary N) is 3. The first-order valence-corrected chi connectivity index (χ1v) is 14.7. The van der Waals surface area contributed by atoms with Crippen molar-refractivity contribution in [2.75, 3.05) is 34.4 Å². The molecule has 4 N–H and O–H groups in total. The quantitative estimate of drug-likeness (QED) is 0.105. The molecule has 2 aromatic carbocycles. The van der Waals surface area contributed by atoms with Crippen molar-refractivity contribution in [3.8, 4) is 16.2 Å². The van der Waals surface area contributed by atoms with Crippen molar-refractivity contribution in [1.29, 1.82) is 0 Å². The second-order valence-electron chi connectivity index (χ2n) is 10.2. The summed E-state index contributed by atoms with van der Waals surface area (Å²) in [7, 11) is 4.54. The number of rotatable bonds is 12. The maximum absolute atomic E-state index is 14.1. The number of amides is 1. The van der Waals surface area contributed by atoms with Gasteiger partial charge >= 0.3 is 18.4 Å². The first-order chi connectivity index (χ1) is 21.2. The van der Waals surface area contributed by atoms with Gasteiger partial charge in [-0.15, -0.1) is 11.3 Å². The van der Waals surface area contributed by atoms with Gasteiger partial charge in [-0.3, -0.25) is 16.0 Å². The van der Waals surface area contributed by atoms with Crippen molar-refractivity contribution in [3.05, 3.63) is 70.4 Å².